The highest BCUT2D eigenvalue weighted by atomic mass is 32.2. The van der Waals surface area contributed by atoms with E-state index < -0.39 is 10.1 Å². The van der Waals surface area contributed by atoms with Gasteiger partial charge in [-0.25, -0.2) is 4.39 Å². The lowest BCUT2D eigenvalue weighted by molar-refractivity contribution is -0.135. The molecule has 4 aromatic rings. The van der Waals surface area contributed by atoms with Crippen molar-refractivity contribution in [1.29, 1.82) is 0 Å². The van der Waals surface area contributed by atoms with Gasteiger partial charge in [-0.3, -0.25) is 14.2 Å². The maximum atomic E-state index is 14.4. The predicted molar refractivity (Wildman–Crippen MR) is 176 cm³/mol. The summed E-state index contributed by atoms with van der Waals surface area (Å²) in [6, 6.07) is 16.2. The number of piperidine rings is 1. The van der Waals surface area contributed by atoms with Gasteiger partial charge in [-0.1, -0.05) is 30.3 Å². The van der Waals surface area contributed by atoms with Crippen LogP contribution < -0.4 is 4.74 Å². The third-order valence-electron chi connectivity index (χ3n) is 9.92. The summed E-state index contributed by atoms with van der Waals surface area (Å²) >= 11 is 0. The summed E-state index contributed by atoms with van der Waals surface area (Å²) < 4.78 is 56.8. The van der Waals surface area contributed by atoms with Gasteiger partial charge in [0.05, 0.1) is 12.6 Å². The molecular weight excluding hydrogens is 607 g/mol. The first-order chi connectivity index (χ1) is 21.9. The van der Waals surface area contributed by atoms with E-state index in [9.17, 15) is 22.2 Å². The second-order valence-electron chi connectivity index (χ2n) is 12.6. The van der Waals surface area contributed by atoms with Gasteiger partial charge in [0.15, 0.2) is 0 Å². The molecule has 2 saturated heterocycles. The van der Waals surface area contributed by atoms with Crippen molar-refractivity contribution in [2.75, 3.05) is 53.4 Å². The molecule has 0 unspecified atom stereocenters. The summed E-state index contributed by atoms with van der Waals surface area (Å²) in [5.41, 5.74) is 3.41. The molecule has 0 aliphatic carbocycles. The summed E-state index contributed by atoms with van der Waals surface area (Å²) in [6.45, 7) is 8.15. The van der Waals surface area contributed by atoms with E-state index in [4.69, 9.17) is 4.74 Å². The molecule has 3 heterocycles. The van der Waals surface area contributed by atoms with Gasteiger partial charge in [0.2, 0.25) is 5.91 Å². The first kappa shape index (κ1) is 32.2. The monoisotopic (exact) mass is 648 g/mol. The third-order valence-corrected chi connectivity index (χ3v) is 11.1. The number of fused-ring (bicyclic) bond motifs is 1. The predicted octanol–water partition coefficient (Wildman–Crippen LogP) is 5.08. The Balaban J connectivity index is 1.30. The average Bonchev–Trinajstić information content (AvgIpc) is 3.43. The third kappa shape index (κ3) is 5.81. The number of para-hydroxylation sites is 1. The van der Waals surface area contributed by atoms with Crippen LogP contribution in [0.4, 0.5) is 4.39 Å². The van der Waals surface area contributed by atoms with Crippen LogP contribution in [0.1, 0.15) is 29.5 Å². The molecule has 1 N–H and O–H groups in total. The van der Waals surface area contributed by atoms with Crippen molar-refractivity contribution in [2.24, 2.45) is 0 Å². The number of amides is 1. The van der Waals surface area contributed by atoms with Gasteiger partial charge >= 0.3 is 0 Å². The number of aromatic nitrogens is 1. The van der Waals surface area contributed by atoms with Crippen LogP contribution in [0.2, 0.25) is 0 Å². The Hall–Kier alpha value is -3.77. The van der Waals surface area contributed by atoms with E-state index in [0.29, 0.717) is 53.9 Å². The minimum absolute atomic E-state index is 0.0234. The van der Waals surface area contributed by atoms with Crippen molar-refractivity contribution in [3.8, 4) is 16.9 Å². The Morgan fingerprint density at radius 1 is 0.978 bits per heavy atom. The zero-order valence-electron chi connectivity index (χ0n) is 26.8. The molecule has 1 aromatic heterocycles. The zero-order chi connectivity index (χ0) is 32.8. The van der Waals surface area contributed by atoms with E-state index in [-0.39, 0.29) is 28.7 Å². The Kier molecular flexibility index (Phi) is 8.71. The zero-order valence-corrected chi connectivity index (χ0v) is 27.6. The quantitative estimate of drug-likeness (QED) is 0.279. The van der Waals surface area contributed by atoms with Gasteiger partial charge in [0, 0.05) is 67.5 Å². The van der Waals surface area contributed by atoms with Gasteiger partial charge in [0.25, 0.3) is 10.1 Å². The first-order valence-corrected chi connectivity index (χ1v) is 17.1. The van der Waals surface area contributed by atoms with E-state index in [0.717, 1.165) is 42.6 Å². The number of carbonyl (C=O) groups is 1. The van der Waals surface area contributed by atoms with Crippen molar-refractivity contribution >= 4 is 26.9 Å². The van der Waals surface area contributed by atoms with Crippen LogP contribution in [0.5, 0.6) is 5.75 Å². The van der Waals surface area contributed by atoms with Gasteiger partial charge in [-0.15, -0.1) is 0 Å². The number of halogens is 1. The van der Waals surface area contributed by atoms with Crippen molar-refractivity contribution in [3.63, 3.8) is 0 Å². The van der Waals surface area contributed by atoms with Gasteiger partial charge in [-0.05, 0) is 74.7 Å². The van der Waals surface area contributed by atoms with Crippen molar-refractivity contribution in [3.05, 3.63) is 83.3 Å². The first-order valence-electron chi connectivity index (χ1n) is 15.6. The molecule has 11 heteroatoms. The van der Waals surface area contributed by atoms with Gasteiger partial charge < -0.3 is 19.1 Å². The van der Waals surface area contributed by atoms with E-state index in [1.165, 1.54) is 13.2 Å². The standard InChI is InChI=1S/C35H41FN4O5S/c1-24-21-30(45-4)32(25(2)34(24)46(42,43)44)29-10-5-7-26-11-14-39(33(26)29)23-31(41)38-15-12-35(13-16-38,27-8-6-9-28(36)22-27)40-19-17-37(3)18-20-40/h5-11,14,21-22H,12-13,15-20,23H2,1-4H3,(H,42,43,44). The average molecular weight is 649 g/mol. The fourth-order valence-electron chi connectivity index (χ4n) is 7.59. The van der Waals surface area contributed by atoms with Crippen LogP contribution in [0.3, 0.4) is 0 Å². The minimum Gasteiger partial charge on any atom is -0.496 e. The number of piperazine rings is 1. The molecule has 2 aliphatic rings. The SMILES string of the molecule is COc1cc(C)c(S(=O)(=O)O)c(C)c1-c1cccc2ccn(CC(=O)N3CCC(c4cccc(F)c4)(N4CCN(C)CC4)CC3)c12. The number of benzene rings is 3. The molecule has 2 fully saturated rings. The molecule has 2 aliphatic heterocycles. The summed E-state index contributed by atoms with van der Waals surface area (Å²) in [6.07, 6.45) is 3.29. The van der Waals surface area contributed by atoms with Crippen molar-refractivity contribution in [2.45, 2.75) is 43.7 Å². The van der Waals surface area contributed by atoms with E-state index in [1.54, 1.807) is 32.0 Å². The molecule has 0 radical (unpaired) electrons. The molecule has 9 nitrogen and oxygen atoms in total. The summed E-state index contributed by atoms with van der Waals surface area (Å²) in [7, 11) is -0.854. The number of hydrogen-bond acceptors (Lipinski definition) is 6. The Morgan fingerprint density at radius 2 is 1.67 bits per heavy atom. The second-order valence-corrected chi connectivity index (χ2v) is 14.0. The van der Waals surface area contributed by atoms with Crippen LogP contribution in [-0.4, -0.2) is 91.6 Å². The number of likely N-dealkylation sites (N-methyl/N-ethyl adjacent to an activating group) is 1. The van der Waals surface area contributed by atoms with E-state index in [2.05, 4.69) is 16.8 Å². The summed E-state index contributed by atoms with van der Waals surface area (Å²) in [4.78, 5) is 20.4. The lowest BCUT2D eigenvalue weighted by Crippen LogP contribution is -2.59. The lowest BCUT2D eigenvalue weighted by Gasteiger charge is -2.51. The number of nitrogens with zero attached hydrogens (tertiary/aromatic N) is 4. The minimum atomic E-state index is -4.50. The number of carbonyl (C=O) groups excluding carboxylic acids is 1. The van der Waals surface area contributed by atoms with Crippen molar-refractivity contribution < 1.29 is 26.9 Å². The van der Waals surface area contributed by atoms with Crippen LogP contribution in [-0.2, 0) is 27.0 Å². The smallest absolute Gasteiger partial charge is 0.295 e. The molecule has 3 aromatic carbocycles. The van der Waals surface area contributed by atoms with Crippen LogP contribution in [0, 0.1) is 19.7 Å². The molecule has 244 valence electrons. The Bertz CT molecular complexity index is 1890. The summed E-state index contributed by atoms with van der Waals surface area (Å²) in [5.74, 6) is 0.205. The van der Waals surface area contributed by atoms with Crippen LogP contribution >= 0.6 is 0 Å². The topological polar surface area (TPSA) is 95.3 Å². The molecule has 0 atom stereocenters. The van der Waals surface area contributed by atoms with Crippen LogP contribution in [0.15, 0.2) is 65.7 Å². The van der Waals surface area contributed by atoms with Gasteiger partial charge in [0.1, 0.15) is 23.0 Å². The molecule has 1 amide bonds. The maximum Gasteiger partial charge on any atom is 0.295 e. The molecule has 0 spiro atoms. The van der Waals surface area contributed by atoms with E-state index >= 15 is 0 Å². The fraction of sp³-hybridized carbons (Fsp3) is 0.400. The number of aryl methyl sites for hydroxylation is 1. The molecule has 6 rings (SSSR count). The molecule has 0 bridgehead atoms. The lowest BCUT2D eigenvalue weighted by atomic mass is 9.78. The second kappa shape index (κ2) is 12.4. The number of ether oxygens (including phenoxy) is 1. The van der Waals surface area contributed by atoms with E-state index in [1.807, 2.05) is 46.0 Å². The number of rotatable bonds is 7. The largest absolute Gasteiger partial charge is 0.496 e. The summed E-state index contributed by atoms with van der Waals surface area (Å²) in [5, 5.41) is 0.888. The van der Waals surface area contributed by atoms with Crippen molar-refractivity contribution in [1.82, 2.24) is 19.3 Å². The number of likely N-dealkylation sites (tertiary alicyclic amines) is 1. The van der Waals surface area contributed by atoms with Gasteiger partial charge in [-0.2, -0.15) is 8.42 Å². The van der Waals surface area contributed by atoms with Crippen LogP contribution in [0.25, 0.3) is 22.0 Å². The Labute approximate surface area is 269 Å². The fourth-order valence-corrected chi connectivity index (χ4v) is 8.54. The highest BCUT2D eigenvalue weighted by Gasteiger charge is 2.43. The highest BCUT2D eigenvalue weighted by Crippen LogP contribution is 2.43. The molecule has 46 heavy (non-hydrogen) atoms. The Morgan fingerprint density at radius 3 is 2.33 bits per heavy atom. The normalized spacial score (nSPS) is 17.8. The number of methoxy groups -OCH3 is 1. The highest BCUT2D eigenvalue weighted by molar-refractivity contribution is 7.86. The molecule has 0 saturated carbocycles. The molecular formula is C35H41FN4O5S. The number of hydrogen-bond donors (Lipinski definition) is 1. The maximum absolute atomic E-state index is 14.4.